The molecule has 0 rings (SSSR count). The molecule has 0 unspecified atom stereocenters. The summed E-state index contributed by atoms with van der Waals surface area (Å²) in [5.74, 6) is -4.91. The average Bonchev–Trinajstić information content (AvgIpc) is 2.58. The van der Waals surface area contributed by atoms with E-state index in [0.29, 0.717) is 0 Å². The standard InChI is InChI=1S/C10H16N2O8.C3H8O3.C2H6O.Na.H/c13-7(14)3-11(4-8(15)16)1-2-12(5-9(17)18)6-10(19)20;4-1-3(6)2-5;1-2-3;;/h1-6H2,(H,13,14)(H,15,16)(H,17,18)(H,19,20);3-6H,1-2H2;3H,2H2,1H3;;/q;;;+1;-1. The number of carbonyl (C=O) groups is 4. The first-order valence-corrected chi connectivity index (χ1v) is 8.25. The minimum absolute atomic E-state index is 0. The van der Waals surface area contributed by atoms with Gasteiger partial charge in [-0.3, -0.25) is 29.0 Å². The molecule has 0 heterocycles. The molecule has 0 aliphatic carbocycles. The molecular weight excluding hydrogens is 423 g/mol. The van der Waals surface area contributed by atoms with Crippen molar-refractivity contribution in [3.8, 4) is 0 Å². The van der Waals surface area contributed by atoms with E-state index in [1.54, 1.807) is 6.92 Å². The van der Waals surface area contributed by atoms with Crippen LogP contribution in [0.4, 0.5) is 0 Å². The van der Waals surface area contributed by atoms with Gasteiger partial charge in [0.15, 0.2) is 0 Å². The van der Waals surface area contributed by atoms with Gasteiger partial charge in [-0.2, -0.15) is 0 Å². The van der Waals surface area contributed by atoms with Gasteiger partial charge in [0.05, 0.1) is 39.4 Å². The Kier molecular flexibility index (Phi) is 28.7. The van der Waals surface area contributed by atoms with E-state index >= 15 is 0 Å². The summed E-state index contributed by atoms with van der Waals surface area (Å²) in [4.78, 5) is 44.4. The number of aliphatic hydroxyl groups is 4. The first-order chi connectivity index (χ1) is 13.4. The molecule has 0 aromatic rings. The van der Waals surface area contributed by atoms with Crippen molar-refractivity contribution in [2.75, 3.05) is 59.1 Å². The van der Waals surface area contributed by atoms with Gasteiger partial charge in [0, 0.05) is 19.7 Å². The van der Waals surface area contributed by atoms with Crippen LogP contribution in [0.1, 0.15) is 8.35 Å². The van der Waals surface area contributed by atoms with E-state index in [1.165, 1.54) is 0 Å². The fraction of sp³-hybridized carbons (Fsp3) is 0.733. The zero-order valence-electron chi connectivity index (χ0n) is 18.0. The number of carboxylic acids is 4. The average molecular weight is 454 g/mol. The third kappa shape index (κ3) is 31.3. The van der Waals surface area contributed by atoms with Crippen LogP contribution in [0.25, 0.3) is 0 Å². The Hall–Kier alpha value is -1.36. The first-order valence-electron chi connectivity index (χ1n) is 8.25. The molecule has 30 heavy (non-hydrogen) atoms. The molecule has 0 saturated heterocycles. The molecule has 0 atom stereocenters. The molecule has 0 amide bonds. The van der Waals surface area contributed by atoms with Gasteiger partial charge in [-0.15, -0.1) is 0 Å². The monoisotopic (exact) mass is 454 g/mol. The van der Waals surface area contributed by atoms with Crippen molar-refractivity contribution in [2.45, 2.75) is 13.0 Å². The van der Waals surface area contributed by atoms with Crippen LogP contribution in [0.3, 0.4) is 0 Å². The van der Waals surface area contributed by atoms with Crippen molar-refractivity contribution in [1.82, 2.24) is 9.80 Å². The molecule has 0 saturated carbocycles. The number of carboxylic acid groups (broad SMARTS) is 4. The third-order valence-corrected chi connectivity index (χ3v) is 2.59. The van der Waals surface area contributed by atoms with Crippen LogP contribution >= 0.6 is 0 Å². The van der Waals surface area contributed by atoms with Crippen molar-refractivity contribution in [1.29, 1.82) is 0 Å². The van der Waals surface area contributed by atoms with Crippen LogP contribution in [0.2, 0.25) is 0 Å². The molecule has 174 valence electrons. The minimum atomic E-state index is -1.23. The molecule has 0 bridgehead atoms. The van der Waals surface area contributed by atoms with Gasteiger partial charge in [0.2, 0.25) is 0 Å². The smallest absolute Gasteiger partial charge is 1.00 e. The number of rotatable bonds is 13. The molecule has 0 aromatic carbocycles. The van der Waals surface area contributed by atoms with E-state index < -0.39 is 56.2 Å². The van der Waals surface area contributed by atoms with Crippen LogP contribution in [0.15, 0.2) is 0 Å². The molecule has 8 N–H and O–H groups in total. The quantitative estimate of drug-likeness (QED) is 0.121. The van der Waals surface area contributed by atoms with Gasteiger partial charge >= 0.3 is 53.4 Å². The van der Waals surface area contributed by atoms with Crippen molar-refractivity contribution in [3.63, 3.8) is 0 Å². The maximum Gasteiger partial charge on any atom is 1.00 e. The summed E-state index contributed by atoms with van der Waals surface area (Å²) in [5, 5.41) is 66.1. The summed E-state index contributed by atoms with van der Waals surface area (Å²) in [6.45, 7) is -1.05. The molecule has 0 radical (unpaired) electrons. The van der Waals surface area contributed by atoms with E-state index in [4.69, 9.17) is 40.9 Å². The molecular formula is C15H31N2NaO12. The van der Waals surface area contributed by atoms with Gasteiger partial charge < -0.3 is 42.3 Å². The molecule has 0 aliphatic rings. The van der Waals surface area contributed by atoms with Crippen LogP contribution < -0.4 is 29.6 Å². The van der Waals surface area contributed by atoms with Crippen molar-refractivity contribution in [3.05, 3.63) is 0 Å². The number of aliphatic carboxylic acids is 4. The molecule has 0 fully saturated rings. The predicted molar refractivity (Wildman–Crippen MR) is 97.5 cm³/mol. The molecule has 0 aliphatic heterocycles. The van der Waals surface area contributed by atoms with Crippen molar-refractivity contribution < 1.29 is 91.0 Å². The Bertz CT molecular complexity index is 415. The number of hydrogen-bond acceptors (Lipinski definition) is 10. The van der Waals surface area contributed by atoms with E-state index in [-0.39, 0.29) is 63.9 Å². The number of nitrogens with zero attached hydrogens (tertiary/aromatic N) is 2. The van der Waals surface area contributed by atoms with Crippen LogP contribution in [-0.4, -0.2) is 140 Å². The van der Waals surface area contributed by atoms with Crippen molar-refractivity contribution >= 4 is 23.9 Å². The Morgan fingerprint density at radius 2 is 0.900 bits per heavy atom. The fourth-order valence-corrected chi connectivity index (χ4v) is 1.53. The van der Waals surface area contributed by atoms with Gasteiger partial charge in [-0.1, -0.05) is 0 Å². The van der Waals surface area contributed by atoms with E-state index in [1.807, 2.05) is 0 Å². The summed E-state index contributed by atoms with van der Waals surface area (Å²) in [6.07, 6.45) is -0.954. The second-order valence-electron chi connectivity index (χ2n) is 5.33. The second-order valence-corrected chi connectivity index (χ2v) is 5.33. The van der Waals surface area contributed by atoms with Gasteiger partial charge in [-0.05, 0) is 6.92 Å². The maximum atomic E-state index is 10.6. The Morgan fingerprint density at radius 1 is 0.700 bits per heavy atom. The fourth-order valence-electron chi connectivity index (χ4n) is 1.53. The summed E-state index contributed by atoms with van der Waals surface area (Å²) in [6, 6.07) is 0. The Morgan fingerprint density at radius 3 is 1.00 bits per heavy atom. The summed E-state index contributed by atoms with van der Waals surface area (Å²) in [7, 11) is 0. The van der Waals surface area contributed by atoms with E-state index in [9.17, 15) is 19.2 Å². The third-order valence-electron chi connectivity index (χ3n) is 2.59. The molecule has 0 spiro atoms. The number of hydrogen-bond donors (Lipinski definition) is 8. The van der Waals surface area contributed by atoms with Crippen LogP contribution in [0, 0.1) is 0 Å². The van der Waals surface area contributed by atoms with Gasteiger partial charge in [0.1, 0.15) is 6.10 Å². The minimum Gasteiger partial charge on any atom is -1.00 e. The zero-order chi connectivity index (χ0) is 23.4. The maximum absolute atomic E-state index is 10.6. The summed E-state index contributed by atoms with van der Waals surface area (Å²) < 4.78 is 0. The molecule has 14 nitrogen and oxygen atoms in total. The number of aliphatic hydroxyl groups excluding tert-OH is 4. The second kappa shape index (κ2) is 23.9. The largest absolute Gasteiger partial charge is 1.00 e. The zero-order valence-corrected chi connectivity index (χ0v) is 19.0. The molecule has 15 heteroatoms. The van der Waals surface area contributed by atoms with Crippen LogP contribution in [-0.2, 0) is 19.2 Å². The normalized spacial score (nSPS) is 9.73. The Balaban J connectivity index is -0.000000173. The van der Waals surface area contributed by atoms with Crippen LogP contribution in [0.5, 0.6) is 0 Å². The first kappa shape index (κ1) is 36.0. The van der Waals surface area contributed by atoms with Gasteiger partial charge in [-0.25, -0.2) is 0 Å². The summed E-state index contributed by atoms with van der Waals surface area (Å²) >= 11 is 0. The predicted octanol–water partition coefficient (Wildman–Crippen LogP) is -6.62. The van der Waals surface area contributed by atoms with Crippen molar-refractivity contribution in [2.24, 2.45) is 0 Å². The van der Waals surface area contributed by atoms with E-state index in [2.05, 4.69) is 0 Å². The molecule has 0 aromatic heterocycles. The van der Waals surface area contributed by atoms with Gasteiger partial charge in [0.25, 0.3) is 0 Å². The topological polar surface area (TPSA) is 237 Å². The van der Waals surface area contributed by atoms with E-state index in [0.717, 1.165) is 9.80 Å². The Labute approximate surface area is 196 Å². The summed E-state index contributed by atoms with van der Waals surface area (Å²) in [5.41, 5.74) is 0. The SMILES string of the molecule is CCO.O=C(O)CN(CCN(CC(=O)O)CC(=O)O)CC(=O)O.OCC(O)CO.[H-].[Na+].